The molecular weight excluding hydrogens is 554 g/mol. The number of carbonyl (C=O) groups excluding carboxylic acids is 2. The van der Waals surface area contributed by atoms with Crippen molar-refractivity contribution in [2.45, 2.75) is 44.1 Å². The molecule has 5 rings (SSSR count). The molecule has 0 radical (unpaired) electrons. The summed E-state index contributed by atoms with van der Waals surface area (Å²) < 4.78 is 6.01. The standard InChI is InChI=1S/C33H34ClN3O3S/c1-33(2,40-29-16-10-9-15-27(29)34)32(39)37-19-17-25(18-20-37)31-36-28(22-41-31)30(38)35-21-26(23-11-5-3-6-12-23)24-13-7-4-8-14-24/h3-16,22,25-26H,17-21H2,1-2H3,(H,35,38). The number of halogens is 1. The fourth-order valence-corrected chi connectivity index (χ4v) is 6.37. The molecular formula is C33H34ClN3O3S. The average molecular weight is 588 g/mol. The Labute approximate surface area is 250 Å². The molecule has 0 spiro atoms. The van der Waals surface area contributed by atoms with Gasteiger partial charge in [0.1, 0.15) is 11.4 Å². The molecule has 8 heteroatoms. The summed E-state index contributed by atoms with van der Waals surface area (Å²) in [6.45, 7) is 5.24. The Hall–Kier alpha value is -3.68. The molecule has 0 bridgehead atoms. The first-order chi connectivity index (χ1) is 19.8. The largest absolute Gasteiger partial charge is 0.476 e. The first-order valence-corrected chi connectivity index (χ1v) is 15.1. The maximum atomic E-state index is 13.3. The Morgan fingerprint density at radius 3 is 2.17 bits per heavy atom. The topological polar surface area (TPSA) is 71.5 Å². The predicted molar refractivity (Wildman–Crippen MR) is 164 cm³/mol. The van der Waals surface area contributed by atoms with E-state index in [1.807, 2.05) is 58.8 Å². The Kier molecular flexibility index (Phi) is 9.06. The fourth-order valence-electron chi connectivity index (χ4n) is 5.22. The van der Waals surface area contributed by atoms with Gasteiger partial charge >= 0.3 is 0 Å². The van der Waals surface area contributed by atoms with Gasteiger partial charge in [0.05, 0.1) is 10.0 Å². The minimum Gasteiger partial charge on any atom is -0.476 e. The minimum absolute atomic E-state index is 0.0486. The molecule has 41 heavy (non-hydrogen) atoms. The number of nitrogens with zero attached hydrogens (tertiary/aromatic N) is 2. The van der Waals surface area contributed by atoms with Gasteiger partial charge < -0.3 is 15.0 Å². The van der Waals surface area contributed by atoms with Gasteiger partial charge in [-0.2, -0.15) is 0 Å². The second-order valence-electron chi connectivity index (χ2n) is 10.8. The minimum atomic E-state index is -1.04. The van der Waals surface area contributed by atoms with Gasteiger partial charge in [0.2, 0.25) is 0 Å². The fraction of sp³-hybridized carbons (Fsp3) is 0.303. The first-order valence-electron chi connectivity index (χ1n) is 13.9. The van der Waals surface area contributed by atoms with Gasteiger partial charge in [-0.1, -0.05) is 84.4 Å². The lowest BCUT2D eigenvalue weighted by Crippen LogP contribution is -2.51. The zero-order chi connectivity index (χ0) is 28.8. The number of piperidine rings is 1. The third-order valence-corrected chi connectivity index (χ3v) is 8.79. The molecule has 212 valence electrons. The maximum Gasteiger partial charge on any atom is 0.270 e. The van der Waals surface area contributed by atoms with E-state index in [2.05, 4.69) is 29.6 Å². The predicted octanol–water partition coefficient (Wildman–Crippen LogP) is 6.92. The van der Waals surface area contributed by atoms with Crippen LogP contribution in [0.25, 0.3) is 0 Å². The number of aromatic nitrogens is 1. The van der Waals surface area contributed by atoms with Crippen LogP contribution in [0.3, 0.4) is 0 Å². The number of nitrogens with one attached hydrogen (secondary N) is 1. The number of benzene rings is 3. The molecule has 0 unspecified atom stereocenters. The number of carbonyl (C=O) groups is 2. The number of hydrogen-bond donors (Lipinski definition) is 1. The van der Waals surface area contributed by atoms with Crippen molar-refractivity contribution in [3.63, 3.8) is 0 Å². The number of amides is 2. The lowest BCUT2D eigenvalue weighted by Gasteiger charge is -2.36. The van der Waals surface area contributed by atoms with Crippen LogP contribution in [-0.4, -0.2) is 46.9 Å². The van der Waals surface area contributed by atoms with Crippen LogP contribution in [0.5, 0.6) is 5.75 Å². The summed E-state index contributed by atoms with van der Waals surface area (Å²) >= 11 is 7.75. The Morgan fingerprint density at radius 1 is 0.976 bits per heavy atom. The van der Waals surface area contributed by atoms with E-state index < -0.39 is 5.60 Å². The average Bonchev–Trinajstić information content (AvgIpc) is 3.50. The van der Waals surface area contributed by atoms with E-state index in [9.17, 15) is 9.59 Å². The van der Waals surface area contributed by atoms with E-state index in [0.717, 1.165) is 29.0 Å². The number of hydrogen-bond acceptors (Lipinski definition) is 5. The SMILES string of the molecule is CC(C)(Oc1ccccc1Cl)C(=O)N1CCC(c2nc(C(=O)NCC(c3ccccc3)c3ccccc3)cs2)CC1. The van der Waals surface area contributed by atoms with Crippen LogP contribution in [0.15, 0.2) is 90.3 Å². The molecule has 2 heterocycles. The van der Waals surface area contributed by atoms with E-state index in [1.54, 1.807) is 26.0 Å². The van der Waals surface area contributed by atoms with Crippen LogP contribution in [-0.2, 0) is 4.79 Å². The summed E-state index contributed by atoms with van der Waals surface area (Å²) in [4.78, 5) is 32.9. The van der Waals surface area contributed by atoms with Crippen molar-refractivity contribution in [1.29, 1.82) is 0 Å². The molecule has 2 amide bonds. The van der Waals surface area contributed by atoms with Crippen molar-refractivity contribution in [1.82, 2.24) is 15.2 Å². The summed E-state index contributed by atoms with van der Waals surface area (Å²) in [7, 11) is 0. The van der Waals surface area contributed by atoms with Crippen molar-refractivity contribution >= 4 is 34.8 Å². The maximum absolute atomic E-state index is 13.3. The molecule has 1 N–H and O–H groups in total. The smallest absolute Gasteiger partial charge is 0.270 e. The number of thiazole rings is 1. The van der Waals surface area contributed by atoms with Crippen LogP contribution >= 0.6 is 22.9 Å². The lowest BCUT2D eigenvalue weighted by atomic mass is 9.91. The van der Waals surface area contributed by atoms with E-state index in [0.29, 0.717) is 36.1 Å². The first kappa shape index (κ1) is 28.8. The van der Waals surface area contributed by atoms with E-state index in [4.69, 9.17) is 21.3 Å². The molecule has 1 aliphatic heterocycles. The normalized spacial score (nSPS) is 14.2. The zero-order valence-electron chi connectivity index (χ0n) is 23.3. The molecule has 6 nitrogen and oxygen atoms in total. The molecule has 0 saturated carbocycles. The monoisotopic (exact) mass is 587 g/mol. The van der Waals surface area contributed by atoms with E-state index in [-0.39, 0.29) is 23.7 Å². The summed E-state index contributed by atoms with van der Waals surface area (Å²) in [6.07, 6.45) is 1.57. The highest BCUT2D eigenvalue weighted by atomic mass is 35.5. The summed E-state index contributed by atoms with van der Waals surface area (Å²) in [5.74, 6) is 0.513. The van der Waals surface area contributed by atoms with Crippen LogP contribution in [0, 0.1) is 0 Å². The molecule has 1 saturated heterocycles. The molecule has 0 atom stereocenters. The van der Waals surface area contributed by atoms with Crippen molar-refractivity contribution in [2.24, 2.45) is 0 Å². The van der Waals surface area contributed by atoms with Crippen molar-refractivity contribution in [3.05, 3.63) is 117 Å². The zero-order valence-corrected chi connectivity index (χ0v) is 24.8. The molecule has 4 aromatic rings. The van der Waals surface area contributed by atoms with Gasteiger partial charge in [0, 0.05) is 36.9 Å². The van der Waals surface area contributed by atoms with Crippen molar-refractivity contribution in [2.75, 3.05) is 19.6 Å². The summed E-state index contributed by atoms with van der Waals surface area (Å²) in [6, 6.07) is 27.6. The van der Waals surface area contributed by atoms with Gasteiger partial charge in [-0.05, 0) is 49.9 Å². The summed E-state index contributed by atoms with van der Waals surface area (Å²) in [5.41, 5.74) is 1.71. The third-order valence-electron chi connectivity index (χ3n) is 7.47. The third kappa shape index (κ3) is 6.97. The van der Waals surface area contributed by atoms with Crippen molar-refractivity contribution < 1.29 is 14.3 Å². The van der Waals surface area contributed by atoms with E-state index >= 15 is 0 Å². The quantitative estimate of drug-likeness (QED) is 0.231. The molecule has 0 aliphatic carbocycles. The summed E-state index contributed by atoms with van der Waals surface area (Å²) in [5, 5.41) is 6.36. The van der Waals surface area contributed by atoms with Crippen molar-refractivity contribution in [3.8, 4) is 5.75 Å². The van der Waals surface area contributed by atoms with Crippen LogP contribution < -0.4 is 10.1 Å². The highest BCUT2D eigenvalue weighted by Crippen LogP contribution is 2.33. The molecule has 1 aromatic heterocycles. The number of ether oxygens (including phenoxy) is 1. The van der Waals surface area contributed by atoms with Gasteiger partial charge in [-0.15, -0.1) is 11.3 Å². The van der Waals surface area contributed by atoms with Crippen LogP contribution in [0.2, 0.25) is 5.02 Å². The molecule has 1 fully saturated rings. The lowest BCUT2D eigenvalue weighted by molar-refractivity contribution is -0.146. The number of para-hydroxylation sites is 1. The molecule has 1 aliphatic rings. The Balaban J connectivity index is 1.17. The van der Waals surface area contributed by atoms with Gasteiger partial charge in [-0.3, -0.25) is 9.59 Å². The Morgan fingerprint density at radius 2 is 1.56 bits per heavy atom. The van der Waals surface area contributed by atoms with Gasteiger partial charge in [-0.25, -0.2) is 4.98 Å². The van der Waals surface area contributed by atoms with Gasteiger partial charge in [0.15, 0.2) is 5.60 Å². The van der Waals surface area contributed by atoms with Gasteiger partial charge in [0.25, 0.3) is 11.8 Å². The Bertz CT molecular complexity index is 1430. The second-order valence-corrected chi connectivity index (χ2v) is 12.1. The highest BCUT2D eigenvalue weighted by molar-refractivity contribution is 7.09. The van der Waals surface area contributed by atoms with E-state index in [1.165, 1.54) is 11.3 Å². The van der Waals surface area contributed by atoms with Crippen LogP contribution in [0.1, 0.15) is 65.1 Å². The number of rotatable bonds is 9. The number of likely N-dealkylation sites (tertiary alicyclic amines) is 1. The van der Waals surface area contributed by atoms with Crippen LogP contribution in [0.4, 0.5) is 0 Å². The molecule has 3 aromatic carbocycles. The second kappa shape index (κ2) is 12.9. The highest BCUT2D eigenvalue weighted by Gasteiger charge is 2.37.